The molecule has 8 rings (SSSR count). The van der Waals surface area contributed by atoms with Crippen LogP contribution in [-0.2, 0) is 10.8 Å². The number of thiophene rings is 1. The van der Waals surface area contributed by atoms with Gasteiger partial charge in [-0.05, 0) is 99.7 Å². The highest BCUT2D eigenvalue weighted by atomic mass is 32.1. The van der Waals surface area contributed by atoms with E-state index in [2.05, 4.69) is 164 Å². The van der Waals surface area contributed by atoms with Gasteiger partial charge in [-0.15, -0.1) is 11.3 Å². The molecule has 0 aliphatic carbocycles. The highest BCUT2D eigenvalue weighted by Gasteiger charge is 2.22. The normalized spacial score (nSPS) is 12.1. The molecule has 0 aliphatic rings. The van der Waals surface area contributed by atoms with Crippen molar-refractivity contribution in [3.8, 4) is 61.8 Å². The summed E-state index contributed by atoms with van der Waals surface area (Å²) in [6, 6.07) is 48.1. The van der Waals surface area contributed by atoms with Crippen molar-refractivity contribution < 1.29 is 4.74 Å². The van der Waals surface area contributed by atoms with E-state index in [0.29, 0.717) is 0 Å². The summed E-state index contributed by atoms with van der Waals surface area (Å²) in [5, 5.41) is 2.60. The fourth-order valence-corrected chi connectivity index (χ4v) is 8.52. The number of fused-ring (bicyclic) bond motifs is 3. The fraction of sp³-hybridized carbons (Fsp3) is 0.200. The van der Waals surface area contributed by atoms with Crippen molar-refractivity contribution in [2.24, 2.45) is 0 Å². The molecule has 0 aliphatic heterocycles. The van der Waals surface area contributed by atoms with E-state index in [1.54, 1.807) is 7.11 Å². The van der Waals surface area contributed by atoms with Crippen LogP contribution in [0, 0.1) is 6.92 Å². The van der Waals surface area contributed by atoms with E-state index < -0.39 is 0 Å². The van der Waals surface area contributed by atoms with Gasteiger partial charge in [0, 0.05) is 42.6 Å². The highest BCUT2D eigenvalue weighted by Crippen LogP contribution is 2.42. The van der Waals surface area contributed by atoms with E-state index in [1.165, 1.54) is 48.0 Å². The Balaban J connectivity index is 1.28. The Bertz CT molecular complexity index is 2660. The zero-order valence-electron chi connectivity index (χ0n) is 32.4. The first-order valence-corrected chi connectivity index (χ1v) is 19.5. The second-order valence-electron chi connectivity index (χ2n) is 16.4. The van der Waals surface area contributed by atoms with Gasteiger partial charge in [-0.3, -0.25) is 4.98 Å². The third-order valence-electron chi connectivity index (χ3n) is 10.3. The molecule has 0 atom stereocenters. The van der Waals surface area contributed by atoms with E-state index in [4.69, 9.17) is 14.7 Å². The Labute approximate surface area is 323 Å². The molecular weight excluding hydrogens is 677 g/mol. The van der Waals surface area contributed by atoms with Crippen LogP contribution in [0.5, 0.6) is 5.75 Å². The molecule has 4 heteroatoms. The summed E-state index contributed by atoms with van der Waals surface area (Å²) in [5.74, 6) is 0.797. The molecular formula is C50H46N2OS. The van der Waals surface area contributed by atoms with Gasteiger partial charge in [-0.1, -0.05) is 126 Å². The summed E-state index contributed by atoms with van der Waals surface area (Å²) in [5.41, 5.74) is 14.1. The average molecular weight is 723 g/mol. The first-order chi connectivity index (χ1) is 25.9. The Kier molecular flexibility index (Phi) is 8.98. The lowest BCUT2D eigenvalue weighted by atomic mass is 9.79. The van der Waals surface area contributed by atoms with Crippen molar-refractivity contribution in [3.05, 3.63) is 150 Å². The van der Waals surface area contributed by atoms with Gasteiger partial charge in [-0.25, -0.2) is 4.98 Å². The Morgan fingerprint density at radius 2 is 1.06 bits per heavy atom. The zero-order valence-corrected chi connectivity index (χ0v) is 33.2. The molecule has 3 nitrogen and oxygen atoms in total. The minimum Gasteiger partial charge on any atom is -0.496 e. The van der Waals surface area contributed by atoms with E-state index >= 15 is 0 Å². The number of pyridine rings is 2. The van der Waals surface area contributed by atoms with Gasteiger partial charge in [0.25, 0.3) is 0 Å². The van der Waals surface area contributed by atoms with Crippen LogP contribution >= 0.6 is 11.3 Å². The standard InChI is InChI=1S/C50H46N2OS/c1-31-23-36(39-19-14-20-41-40-17-10-12-22-47(40)54-48(39)41)29-43(51-31)32-15-13-16-33(24-32)44-27-35(28-45(52-44)42-18-9-11-21-46(42)53-8)34-25-37(49(2,3)4)30-38(26-34)50(5,6)7/h9-30H,1-8H3. The largest absolute Gasteiger partial charge is 0.496 e. The van der Waals surface area contributed by atoms with Crippen LogP contribution in [0.25, 0.3) is 76.2 Å². The summed E-state index contributed by atoms with van der Waals surface area (Å²) in [6.07, 6.45) is 0. The number of aromatic nitrogens is 2. The molecule has 3 aromatic heterocycles. The number of ether oxygens (including phenoxy) is 1. The maximum absolute atomic E-state index is 5.85. The molecule has 54 heavy (non-hydrogen) atoms. The summed E-state index contributed by atoms with van der Waals surface area (Å²) in [4.78, 5) is 10.4. The Morgan fingerprint density at radius 1 is 0.481 bits per heavy atom. The second kappa shape index (κ2) is 13.7. The summed E-state index contributed by atoms with van der Waals surface area (Å²) >= 11 is 1.86. The molecule has 0 saturated carbocycles. The van der Waals surface area contributed by atoms with Crippen LogP contribution in [0.15, 0.2) is 133 Å². The number of hydrogen-bond donors (Lipinski definition) is 0. The van der Waals surface area contributed by atoms with Crippen LogP contribution in [0.3, 0.4) is 0 Å². The summed E-state index contributed by atoms with van der Waals surface area (Å²) < 4.78 is 8.46. The first-order valence-electron chi connectivity index (χ1n) is 18.7. The Morgan fingerprint density at radius 3 is 1.78 bits per heavy atom. The first kappa shape index (κ1) is 35.4. The number of methoxy groups -OCH3 is 1. The SMILES string of the molecule is COc1ccccc1-c1cc(-c2cc(C(C)(C)C)cc(C(C)(C)C)c2)cc(-c2cccc(-c3cc(-c4cccc5c4sc4ccccc45)cc(C)n3)c2)n1. The third kappa shape index (κ3) is 6.83. The lowest BCUT2D eigenvalue weighted by molar-refractivity contribution is 0.416. The van der Waals surface area contributed by atoms with E-state index in [-0.39, 0.29) is 10.8 Å². The minimum atomic E-state index is -0.00610. The number of rotatable bonds is 6. The quantitative estimate of drug-likeness (QED) is 0.171. The van der Waals surface area contributed by atoms with Crippen LogP contribution in [0.2, 0.25) is 0 Å². The van der Waals surface area contributed by atoms with Crippen molar-refractivity contribution >= 4 is 31.5 Å². The average Bonchev–Trinajstić information content (AvgIpc) is 3.56. The molecule has 5 aromatic carbocycles. The van der Waals surface area contributed by atoms with Crippen LogP contribution < -0.4 is 4.74 Å². The maximum Gasteiger partial charge on any atom is 0.128 e. The monoisotopic (exact) mass is 722 g/mol. The van der Waals surface area contributed by atoms with Crippen molar-refractivity contribution in [1.29, 1.82) is 0 Å². The minimum absolute atomic E-state index is 0.00610. The predicted octanol–water partition coefficient (Wildman–Crippen LogP) is 14.1. The third-order valence-corrected chi connectivity index (χ3v) is 11.5. The molecule has 0 N–H and O–H groups in total. The van der Waals surface area contributed by atoms with Crippen molar-refractivity contribution in [3.63, 3.8) is 0 Å². The molecule has 0 bridgehead atoms. The molecule has 0 spiro atoms. The molecule has 0 fully saturated rings. The molecule has 0 unspecified atom stereocenters. The van der Waals surface area contributed by atoms with Gasteiger partial charge in [0.1, 0.15) is 5.75 Å². The number of nitrogens with zero attached hydrogens (tertiary/aromatic N) is 2. The van der Waals surface area contributed by atoms with Gasteiger partial charge in [-0.2, -0.15) is 0 Å². The van der Waals surface area contributed by atoms with Crippen LogP contribution in [-0.4, -0.2) is 17.1 Å². The number of benzene rings is 5. The second-order valence-corrected chi connectivity index (χ2v) is 17.4. The zero-order chi connectivity index (χ0) is 37.8. The van der Waals surface area contributed by atoms with Gasteiger partial charge in [0.2, 0.25) is 0 Å². The van der Waals surface area contributed by atoms with Crippen molar-refractivity contribution in [1.82, 2.24) is 9.97 Å². The van der Waals surface area contributed by atoms with Gasteiger partial charge >= 0.3 is 0 Å². The number of aryl methyl sites for hydroxylation is 1. The van der Waals surface area contributed by atoms with Gasteiger partial charge in [0.05, 0.1) is 24.2 Å². The van der Waals surface area contributed by atoms with E-state index in [1.807, 2.05) is 29.5 Å². The summed E-state index contributed by atoms with van der Waals surface area (Å²) in [7, 11) is 1.72. The molecule has 268 valence electrons. The van der Waals surface area contributed by atoms with E-state index in [9.17, 15) is 0 Å². The maximum atomic E-state index is 5.85. The van der Waals surface area contributed by atoms with Crippen molar-refractivity contribution in [2.45, 2.75) is 59.3 Å². The molecule has 0 radical (unpaired) electrons. The Hall–Kier alpha value is -5.58. The molecule has 0 amide bonds. The fourth-order valence-electron chi connectivity index (χ4n) is 7.28. The van der Waals surface area contributed by atoms with Gasteiger partial charge in [0.15, 0.2) is 0 Å². The summed E-state index contributed by atoms with van der Waals surface area (Å²) in [6.45, 7) is 15.8. The predicted molar refractivity (Wildman–Crippen MR) is 231 cm³/mol. The van der Waals surface area contributed by atoms with Crippen molar-refractivity contribution in [2.75, 3.05) is 7.11 Å². The smallest absolute Gasteiger partial charge is 0.128 e. The van der Waals surface area contributed by atoms with Crippen LogP contribution in [0.4, 0.5) is 0 Å². The number of hydrogen-bond acceptors (Lipinski definition) is 4. The highest BCUT2D eigenvalue weighted by molar-refractivity contribution is 7.26. The molecule has 0 saturated heterocycles. The lowest BCUT2D eigenvalue weighted by Gasteiger charge is -2.26. The topological polar surface area (TPSA) is 35.0 Å². The van der Waals surface area contributed by atoms with Crippen LogP contribution in [0.1, 0.15) is 58.4 Å². The van der Waals surface area contributed by atoms with E-state index in [0.717, 1.165) is 50.8 Å². The molecule has 3 heterocycles. The number of para-hydroxylation sites is 1. The lowest BCUT2D eigenvalue weighted by Crippen LogP contribution is -2.16. The van der Waals surface area contributed by atoms with Gasteiger partial charge < -0.3 is 4.74 Å². The molecule has 8 aromatic rings.